The lowest BCUT2D eigenvalue weighted by Gasteiger charge is -2.08. The molecule has 0 atom stereocenters. The van der Waals surface area contributed by atoms with E-state index in [0.717, 1.165) is 31.5 Å². The van der Waals surface area contributed by atoms with Crippen molar-refractivity contribution in [3.63, 3.8) is 0 Å². The van der Waals surface area contributed by atoms with Gasteiger partial charge in [-0.15, -0.1) is 0 Å². The van der Waals surface area contributed by atoms with E-state index >= 15 is 0 Å². The fraction of sp³-hybridized carbons (Fsp3) is 0.538. The van der Waals surface area contributed by atoms with Crippen LogP contribution in [0.4, 0.5) is 5.82 Å². The number of aryl methyl sites for hydroxylation is 1. The normalized spacial score (nSPS) is 10.3. The van der Waals surface area contributed by atoms with Gasteiger partial charge in [-0.2, -0.15) is 0 Å². The van der Waals surface area contributed by atoms with Crippen molar-refractivity contribution >= 4 is 11.8 Å². The van der Waals surface area contributed by atoms with Gasteiger partial charge in [-0.1, -0.05) is 6.92 Å². The number of rotatable bonds is 8. The standard InChI is InChI=1S/C13H20N2O3/c1-2-11-8-10(13(17)18)9-12(15-11)14-6-4-3-5-7-16/h8-9,16H,2-7H2,1H3,(H,14,15)(H,17,18). The molecule has 0 saturated carbocycles. The number of aromatic carboxylic acids is 1. The van der Waals surface area contributed by atoms with Crippen molar-refractivity contribution in [3.05, 3.63) is 23.4 Å². The summed E-state index contributed by atoms with van der Waals surface area (Å²) >= 11 is 0. The Morgan fingerprint density at radius 1 is 1.33 bits per heavy atom. The summed E-state index contributed by atoms with van der Waals surface area (Å²) < 4.78 is 0. The molecule has 18 heavy (non-hydrogen) atoms. The van der Waals surface area contributed by atoms with Crippen molar-refractivity contribution < 1.29 is 15.0 Å². The molecular formula is C13H20N2O3. The van der Waals surface area contributed by atoms with E-state index in [1.165, 1.54) is 0 Å². The summed E-state index contributed by atoms with van der Waals surface area (Å²) in [7, 11) is 0. The third-order valence-corrected chi connectivity index (χ3v) is 2.63. The van der Waals surface area contributed by atoms with Crippen LogP contribution in [-0.4, -0.2) is 34.3 Å². The highest BCUT2D eigenvalue weighted by molar-refractivity contribution is 5.88. The van der Waals surface area contributed by atoms with E-state index in [2.05, 4.69) is 10.3 Å². The number of hydrogen-bond acceptors (Lipinski definition) is 4. The van der Waals surface area contributed by atoms with E-state index < -0.39 is 5.97 Å². The smallest absolute Gasteiger partial charge is 0.335 e. The van der Waals surface area contributed by atoms with Gasteiger partial charge >= 0.3 is 5.97 Å². The zero-order valence-corrected chi connectivity index (χ0v) is 10.6. The predicted octanol–water partition coefficient (Wildman–Crippen LogP) is 1.92. The molecule has 0 fully saturated rings. The monoisotopic (exact) mass is 252 g/mol. The number of aromatic nitrogens is 1. The number of carboxylic acids is 1. The summed E-state index contributed by atoms with van der Waals surface area (Å²) in [5.41, 5.74) is 1.03. The number of pyridine rings is 1. The van der Waals surface area contributed by atoms with Crippen LogP contribution in [0.2, 0.25) is 0 Å². The molecule has 0 aliphatic heterocycles. The van der Waals surface area contributed by atoms with Gasteiger partial charge in [0.1, 0.15) is 5.82 Å². The second-order valence-corrected chi connectivity index (χ2v) is 4.10. The molecule has 5 nitrogen and oxygen atoms in total. The lowest BCUT2D eigenvalue weighted by atomic mass is 10.2. The number of anilines is 1. The van der Waals surface area contributed by atoms with Crippen LogP contribution in [-0.2, 0) is 6.42 Å². The van der Waals surface area contributed by atoms with Crippen molar-refractivity contribution in [2.75, 3.05) is 18.5 Å². The maximum atomic E-state index is 11.0. The number of nitrogens with one attached hydrogen (secondary N) is 1. The van der Waals surface area contributed by atoms with Crippen LogP contribution in [0.5, 0.6) is 0 Å². The van der Waals surface area contributed by atoms with Gasteiger partial charge < -0.3 is 15.5 Å². The van der Waals surface area contributed by atoms with Crippen molar-refractivity contribution in [1.82, 2.24) is 4.98 Å². The number of aliphatic hydroxyl groups is 1. The van der Waals surface area contributed by atoms with Gasteiger partial charge in [-0.3, -0.25) is 0 Å². The number of nitrogens with zero attached hydrogens (tertiary/aromatic N) is 1. The van der Waals surface area contributed by atoms with Crippen molar-refractivity contribution in [2.45, 2.75) is 32.6 Å². The molecule has 1 heterocycles. The van der Waals surface area contributed by atoms with Crippen LogP contribution < -0.4 is 5.32 Å². The molecule has 1 rings (SSSR count). The van der Waals surface area contributed by atoms with E-state index in [4.69, 9.17) is 10.2 Å². The van der Waals surface area contributed by atoms with Crippen molar-refractivity contribution in [1.29, 1.82) is 0 Å². The van der Waals surface area contributed by atoms with Gasteiger partial charge in [-0.05, 0) is 37.8 Å². The lowest BCUT2D eigenvalue weighted by Crippen LogP contribution is -2.07. The molecule has 0 unspecified atom stereocenters. The SMILES string of the molecule is CCc1cc(C(=O)O)cc(NCCCCCO)n1. The summed E-state index contributed by atoms with van der Waals surface area (Å²) in [6.07, 6.45) is 3.38. The van der Waals surface area contributed by atoms with Crippen LogP contribution in [0, 0.1) is 0 Å². The van der Waals surface area contributed by atoms with Crippen LogP contribution >= 0.6 is 0 Å². The maximum absolute atomic E-state index is 11.0. The van der Waals surface area contributed by atoms with Crippen LogP contribution in [0.25, 0.3) is 0 Å². The van der Waals surface area contributed by atoms with Crippen molar-refractivity contribution in [3.8, 4) is 0 Å². The summed E-state index contributed by atoms with van der Waals surface area (Å²) in [6, 6.07) is 3.15. The predicted molar refractivity (Wildman–Crippen MR) is 70.0 cm³/mol. The molecule has 0 amide bonds. The Kier molecular flexibility index (Phi) is 6.14. The summed E-state index contributed by atoms with van der Waals surface area (Å²) in [6.45, 7) is 2.89. The summed E-state index contributed by atoms with van der Waals surface area (Å²) in [4.78, 5) is 15.3. The fourth-order valence-electron chi connectivity index (χ4n) is 1.61. The largest absolute Gasteiger partial charge is 0.478 e. The average molecular weight is 252 g/mol. The van der Waals surface area contributed by atoms with Crippen LogP contribution in [0.15, 0.2) is 12.1 Å². The van der Waals surface area contributed by atoms with Gasteiger partial charge in [-0.25, -0.2) is 9.78 Å². The Hall–Kier alpha value is -1.62. The second-order valence-electron chi connectivity index (χ2n) is 4.10. The Morgan fingerprint density at radius 2 is 2.11 bits per heavy atom. The molecule has 0 saturated heterocycles. The highest BCUT2D eigenvalue weighted by Gasteiger charge is 2.07. The van der Waals surface area contributed by atoms with Crippen LogP contribution in [0.1, 0.15) is 42.2 Å². The second kappa shape index (κ2) is 7.66. The molecule has 5 heteroatoms. The molecule has 100 valence electrons. The first-order valence-electron chi connectivity index (χ1n) is 6.26. The Morgan fingerprint density at radius 3 is 2.72 bits per heavy atom. The minimum Gasteiger partial charge on any atom is -0.478 e. The van der Waals surface area contributed by atoms with E-state index in [0.29, 0.717) is 12.2 Å². The zero-order valence-electron chi connectivity index (χ0n) is 10.6. The number of aliphatic hydroxyl groups excluding tert-OH is 1. The minimum atomic E-state index is -0.935. The topological polar surface area (TPSA) is 82.5 Å². The summed E-state index contributed by atoms with van der Waals surface area (Å²) in [5.74, 6) is -0.328. The van der Waals surface area contributed by atoms with Crippen LogP contribution in [0.3, 0.4) is 0 Å². The molecule has 3 N–H and O–H groups in total. The molecule has 0 aliphatic carbocycles. The first-order chi connectivity index (χ1) is 8.67. The van der Waals surface area contributed by atoms with E-state index in [9.17, 15) is 4.79 Å². The molecule has 0 radical (unpaired) electrons. The van der Waals surface area contributed by atoms with Crippen molar-refractivity contribution in [2.24, 2.45) is 0 Å². The Balaban J connectivity index is 2.58. The fourth-order valence-corrected chi connectivity index (χ4v) is 1.61. The molecule has 0 bridgehead atoms. The third-order valence-electron chi connectivity index (χ3n) is 2.63. The zero-order chi connectivity index (χ0) is 13.4. The van der Waals surface area contributed by atoms with E-state index in [1.54, 1.807) is 12.1 Å². The quantitative estimate of drug-likeness (QED) is 0.616. The lowest BCUT2D eigenvalue weighted by molar-refractivity contribution is 0.0696. The van der Waals surface area contributed by atoms with Gasteiger partial charge in [0.2, 0.25) is 0 Å². The highest BCUT2D eigenvalue weighted by atomic mass is 16.4. The summed E-state index contributed by atoms with van der Waals surface area (Å²) in [5, 5.41) is 20.8. The average Bonchev–Trinajstić information content (AvgIpc) is 2.38. The molecule has 1 aromatic rings. The van der Waals surface area contributed by atoms with Gasteiger partial charge in [0.05, 0.1) is 5.56 Å². The molecule has 0 spiro atoms. The first-order valence-corrected chi connectivity index (χ1v) is 6.26. The molecule has 0 aliphatic rings. The molecular weight excluding hydrogens is 232 g/mol. The van der Waals surface area contributed by atoms with Gasteiger partial charge in [0.15, 0.2) is 0 Å². The molecule has 0 aromatic carbocycles. The molecule has 1 aromatic heterocycles. The van der Waals surface area contributed by atoms with Gasteiger partial charge in [0.25, 0.3) is 0 Å². The Labute approximate surface area is 107 Å². The Bertz CT molecular complexity index is 394. The van der Waals surface area contributed by atoms with Gasteiger partial charge in [0, 0.05) is 18.8 Å². The maximum Gasteiger partial charge on any atom is 0.335 e. The third kappa shape index (κ3) is 4.71. The number of hydrogen-bond donors (Lipinski definition) is 3. The van der Waals surface area contributed by atoms with E-state index in [1.807, 2.05) is 6.92 Å². The number of carboxylic acid groups (broad SMARTS) is 1. The first kappa shape index (κ1) is 14.4. The minimum absolute atomic E-state index is 0.215. The number of carbonyl (C=O) groups is 1. The van der Waals surface area contributed by atoms with E-state index in [-0.39, 0.29) is 12.2 Å². The number of unbranched alkanes of at least 4 members (excludes halogenated alkanes) is 2. The highest BCUT2D eigenvalue weighted by Crippen LogP contribution is 2.11.